The van der Waals surface area contributed by atoms with E-state index in [4.69, 9.17) is 21.4 Å². The number of hydrogen-bond acceptors (Lipinski definition) is 3. The van der Waals surface area contributed by atoms with Gasteiger partial charge in [0.1, 0.15) is 6.61 Å². The largest absolute Gasteiger partial charge is 0.394 e. The molecule has 0 radical (unpaired) electrons. The Hall–Kier alpha value is -1.10. The van der Waals surface area contributed by atoms with Gasteiger partial charge in [-0.2, -0.15) is 0 Å². The fourth-order valence-corrected chi connectivity index (χ4v) is 1.41. The van der Waals surface area contributed by atoms with E-state index in [1.165, 1.54) is 0 Å². The Kier molecular flexibility index (Phi) is 5.25. The molecule has 0 saturated carbocycles. The van der Waals surface area contributed by atoms with Gasteiger partial charge in [-0.15, -0.1) is 0 Å². The van der Waals surface area contributed by atoms with Crippen LogP contribution in [0.15, 0.2) is 18.2 Å². The molecule has 4 nitrogen and oxygen atoms in total. The molecule has 0 unspecified atom stereocenters. The monoisotopic (exact) mass is 243 g/mol. The first kappa shape index (κ1) is 13.0. The summed E-state index contributed by atoms with van der Waals surface area (Å²) in [7, 11) is 0. The third-order valence-corrected chi connectivity index (χ3v) is 2.17. The summed E-state index contributed by atoms with van der Waals surface area (Å²) in [6.07, 6.45) is 0. The van der Waals surface area contributed by atoms with Crippen molar-refractivity contribution in [2.45, 2.75) is 6.92 Å². The van der Waals surface area contributed by atoms with Gasteiger partial charge in [-0.3, -0.25) is 4.79 Å². The van der Waals surface area contributed by atoms with Crippen LogP contribution in [0.1, 0.15) is 5.56 Å². The van der Waals surface area contributed by atoms with Crippen LogP contribution in [-0.2, 0) is 9.53 Å². The van der Waals surface area contributed by atoms with Crippen molar-refractivity contribution in [3.63, 3.8) is 0 Å². The zero-order valence-electron chi connectivity index (χ0n) is 9.00. The number of amides is 1. The summed E-state index contributed by atoms with van der Waals surface area (Å²) < 4.78 is 4.89. The summed E-state index contributed by atoms with van der Waals surface area (Å²) in [5.74, 6) is -0.251. The summed E-state index contributed by atoms with van der Waals surface area (Å²) in [6.45, 7) is 1.86. The minimum Gasteiger partial charge on any atom is -0.394 e. The number of hydrogen-bond donors (Lipinski definition) is 2. The quantitative estimate of drug-likeness (QED) is 0.773. The lowest BCUT2D eigenvalue weighted by molar-refractivity contribution is -0.120. The zero-order chi connectivity index (χ0) is 12.0. The number of carbonyl (C=O) groups excluding carboxylic acids is 1. The first-order valence-corrected chi connectivity index (χ1v) is 5.26. The number of aliphatic hydroxyl groups excluding tert-OH is 1. The molecule has 1 amide bonds. The number of benzene rings is 1. The highest BCUT2D eigenvalue weighted by atomic mass is 35.5. The SMILES string of the molecule is Cc1cc(Cl)ccc1NC(=O)COCCO. The zero-order valence-corrected chi connectivity index (χ0v) is 9.75. The van der Waals surface area contributed by atoms with Gasteiger partial charge < -0.3 is 15.2 Å². The van der Waals surface area contributed by atoms with Crippen molar-refractivity contribution in [2.75, 3.05) is 25.1 Å². The lowest BCUT2D eigenvalue weighted by Crippen LogP contribution is -2.19. The van der Waals surface area contributed by atoms with Crippen molar-refractivity contribution in [1.82, 2.24) is 0 Å². The molecule has 0 spiro atoms. The molecule has 0 atom stereocenters. The lowest BCUT2D eigenvalue weighted by Gasteiger charge is -2.08. The predicted octanol–water partition coefficient (Wildman–Crippen LogP) is 1.60. The van der Waals surface area contributed by atoms with E-state index < -0.39 is 0 Å². The molecule has 0 saturated heterocycles. The summed E-state index contributed by atoms with van der Waals surface area (Å²) in [5, 5.41) is 11.8. The van der Waals surface area contributed by atoms with Crippen LogP contribution in [0.3, 0.4) is 0 Å². The second kappa shape index (κ2) is 6.48. The Morgan fingerprint density at radius 2 is 2.31 bits per heavy atom. The van der Waals surface area contributed by atoms with Crippen molar-refractivity contribution in [1.29, 1.82) is 0 Å². The molecule has 0 aliphatic carbocycles. The molecular formula is C11H14ClNO3. The molecule has 0 fully saturated rings. The fraction of sp³-hybridized carbons (Fsp3) is 0.364. The lowest BCUT2D eigenvalue weighted by atomic mass is 10.2. The van der Waals surface area contributed by atoms with Crippen LogP contribution < -0.4 is 5.32 Å². The second-order valence-electron chi connectivity index (χ2n) is 3.28. The van der Waals surface area contributed by atoms with Crippen molar-refractivity contribution in [3.05, 3.63) is 28.8 Å². The standard InChI is InChI=1S/C11H14ClNO3/c1-8-6-9(12)2-3-10(8)13-11(15)7-16-5-4-14/h2-3,6,14H,4-5,7H2,1H3,(H,13,15). The Bertz CT molecular complexity index is 368. The van der Waals surface area contributed by atoms with Gasteiger partial charge in [0.05, 0.1) is 13.2 Å². The Labute approximate surface area is 99.2 Å². The Morgan fingerprint density at radius 1 is 1.56 bits per heavy atom. The Morgan fingerprint density at radius 3 is 2.94 bits per heavy atom. The van der Waals surface area contributed by atoms with Crippen molar-refractivity contribution >= 4 is 23.2 Å². The summed E-state index contributed by atoms with van der Waals surface area (Å²) >= 11 is 5.79. The van der Waals surface area contributed by atoms with E-state index in [0.29, 0.717) is 10.7 Å². The van der Waals surface area contributed by atoms with Crippen LogP contribution in [0.4, 0.5) is 5.69 Å². The van der Waals surface area contributed by atoms with E-state index in [-0.39, 0.29) is 25.7 Å². The molecule has 2 N–H and O–H groups in total. The summed E-state index contributed by atoms with van der Waals surface area (Å²) in [4.78, 5) is 11.4. The first-order valence-electron chi connectivity index (χ1n) is 4.88. The predicted molar refractivity (Wildman–Crippen MR) is 62.7 cm³/mol. The van der Waals surface area contributed by atoms with E-state index in [1.54, 1.807) is 18.2 Å². The molecule has 0 bridgehead atoms. The van der Waals surface area contributed by atoms with Crippen molar-refractivity contribution < 1.29 is 14.6 Å². The number of aliphatic hydroxyl groups is 1. The molecule has 16 heavy (non-hydrogen) atoms. The Balaban J connectivity index is 2.49. The van der Waals surface area contributed by atoms with E-state index in [2.05, 4.69) is 5.32 Å². The number of carbonyl (C=O) groups is 1. The van der Waals surface area contributed by atoms with E-state index >= 15 is 0 Å². The van der Waals surface area contributed by atoms with Crippen molar-refractivity contribution in [3.8, 4) is 0 Å². The van der Waals surface area contributed by atoms with Gasteiger partial charge in [-0.1, -0.05) is 11.6 Å². The molecular weight excluding hydrogens is 230 g/mol. The normalized spacial score (nSPS) is 10.2. The van der Waals surface area contributed by atoms with Gasteiger partial charge in [0.2, 0.25) is 5.91 Å². The fourth-order valence-electron chi connectivity index (χ4n) is 1.18. The number of anilines is 1. The number of nitrogens with one attached hydrogen (secondary N) is 1. The molecule has 1 aromatic rings. The van der Waals surface area contributed by atoms with Crippen LogP contribution in [0, 0.1) is 6.92 Å². The molecule has 0 heterocycles. The van der Waals surface area contributed by atoms with Crippen LogP contribution in [-0.4, -0.2) is 30.8 Å². The molecule has 88 valence electrons. The maximum absolute atomic E-state index is 11.4. The topological polar surface area (TPSA) is 58.6 Å². The van der Waals surface area contributed by atoms with Crippen LogP contribution >= 0.6 is 11.6 Å². The minimum absolute atomic E-state index is 0.0668. The average Bonchev–Trinajstić information content (AvgIpc) is 2.23. The van der Waals surface area contributed by atoms with E-state index in [9.17, 15) is 4.79 Å². The third-order valence-electron chi connectivity index (χ3n) is 1.93. The first-order chi connectivity index (χ1) is 7.63. The number of aryl methyl sites for hydroxylation is 1. The number of rotatable bonds is 5. The maximum atomic E-state index is 11.4. The van der Waals surface area contributed by atoms with Gasteiger partial charge in [-0.05, 0) is 30.7 Å². The van der Waals surface area contributed by atoms with Crippen LogP contribution in [0.25, 0.3) is 0 Å². The van der Waals surface area contributed by atoms with Crippen LogP contribution in [0.2, 0.25) is 5.02 Å². The molecule has 5 heteroatoms. The highest BCUT2D eigenvalue weighted by Crippen LogP contribution is 2.19. The smallest absolute Gasteiger partial charge is 0.250 e. The van der Waals surface area contributed by atoms with Gasteiger partial charge >= 0.3 is 0 Å². The maximum Gasteiger partial charge on any atom is 0.250 e. The van der Waals surface area contributed by atoms with E-state index in [1.807, 2.05) is 6.92 Å². The second-order valence-corrected chi connectivity index (χ2v) is 3.72. The molecule has 0 aliphatic heterocycles. The molecule has 1 rings (SSSR count). The van der Waals surface area contributed by atoms with Gasteiger partial charge in [0.25, 0.3) is 0 Å². The summed E-state index contributed by atoms with van der Waals surface area (Å²) in [5.41, 5.74) is 1.60. The third kappa shape index (κ3) is 4.18. The highest BCUT2D eigenvalue weighted by molar-refractivity contribution is 6.30. The molecule has 1 aromatic carbocycles. The number of ether oxygens (including phenoxy) is 1. The van der Waals surface area contributed by atoms with Gasteiger partial charge in [0.15, 0.2) is 0 Å². The number of halogens is 1. The molecule has 0 aliphatic rings. The molecule has 0 aromatic heterocycles. The van der Waals surface area contributed by atoms with Gasteiger partial charge in [-0.25, -0.2) is 0 Å². The average molecular weight is 244 g/mol. The van der Waals surface area contributed by atoms with E-state index in [0.717, 1.165) is 5.56 Å². The van der Waals surface area contributed by atoms with Crippen molar-refractivity contribution in [2.24, 2.45) is 0 Å². The van der Waals surface area contributed by atoms with Crippen LogP contribution in [0.5, 0.6) is 0 Å². The minimum atomic E-state index is -0.251. The van der Waals surface area contributed by atoms with Gasteiger partial charge in [0, 0.05) is 10.7 Å². The summed E-state index contributed by atoms with van der Waals surface area (Å²) in [6, 6.07) is 5.21. The highest BCUT2D eigenvalue weighted by Gasteiger charge is 2.04.